The lowest BCUT2D eigenvalue weighted by molar-refractivity contribution is 0.0959. The van der Waals surface area contributed by atoms with Crippen LogP contribution in [0.3, 0.4) is 0 Å². The van der Waals surface area contributed by atoms with Crippen LogP contribution in [-0.4, -0.2) is 46.1 Å². The van der Waals surface area contributed by atoms with Crippen LogP contribution >= 0.6 is 11.3 Å². The number of fused-ring (bicyclic) bond motifs is 1. The number of carbonyl (C=O) groups is 1. The van der Waals surface area contributed by atoms with E-state index in [-0.39, 0.29) is 5.91 Å². The summed E-state index contributed by atoms with van der Waals surface area (Å²) < 4.78 is 12.6. The van der Waals surface area contributed by atoms with Crippen molar-refractivity contribution in [2.45, 2.75) is 13.5 Å². The largest absolute Gasteiger partial charge is 0.497 e. The van der Waals surface area contributed by atoms with E-state index in [1.807, 2.05) is 66.3 Å². The molecule has 0 aliphatic heterocycles. The summed E-state index contributed by atoms with van der Waals surface area (Å²) in [5, 5.41) is 12.2. The molecule has 4 aromatic heterocycles. The van der Waals surface area contributed by atoms with Gasteiger partial charge in [0.15, 0.2) is 0 Å². The van der Waals surface area contributed by atoms with Gasteiger partial charge in [-0.15, -0.1) is 11.3 Å². The van der Waals surface area contributed by atoms with Crippen LogP contribution in [0.25, 0.3) is 27.2 Å². The maximum atomic E-state index is 13.3. The van der Waals surface area contributed by atoms with Crippen LogP contribution in [0.1, 0.15) is 26.5 Å². The van der Waals surface area contributed by atoms with Gasteiger partial charge in [0, 0.05) is 41.7 Å². The minimum Gasteiger partial charge on any atom is -0.497 e. The number of H-pyrrole nitrogens is 1. The molecule has 0 atom stereocenters. The van der Waals surface area contributed by atoms with Gasteiger partial charge in [-0.1, -0.05) is 0 Å². The molecule has 9 nitrogen and oxygen atoms in total. The molecule has 0 unspecified atom stereocenters. The van der Waals surface area contributed by atoms with E-state index < -0.39 is 0 Å². The van der Waals surface area contributed by atoms with Gasteiger partial charge in [0.2, 0.25) is 0 Å². The lowest BCUT2D eigenvalue weighted by atomic mass is 10.1. The van der Waals surface area contributed by atoms with Gasteiger partial charge in [0.25, 0.3) is 5.91 Å². The summed E-state index contributed by atoms with van der Waals surface area (Å²) in [6.07, 6.45) is 7.04. The Labute approximate surface area is 211 Å². The number of benzene rings is 1. The molecule has 0 aliphatic rings. The maximum Gasteiger partial charge on any atom is 0.283 e. The van der Waals surface area contributed by atoms with E-state index in [1.165, 1.54) is 11.3 Å². The highest BCUT2D eigenvalue weighted by molar-refractivity contribution is 7.21. The number of ether oxygens (including phenoxy) is 2. The molecule has 0 saturated carbocycles. The molecule has 4 heterocycles. The van der Waals surface area contributed by atoms with Crippen molar-refractivity contribution in [3.05, 3.63) is 82.8 Å². The van der Waals surface area contributed by atoms with Crippen LogP contribution in [0.15, 0.2) is 66.2 Å². The summed E-state index contributed by atoms with van der Waals surface area (Å²) >= 11 is 1.33. The third-order valence-electron chi connectivity index (χ3n) is 5.63. The van der Waals surface area contributed by atoms with Gasteiger partial charge in [0.05, 0.1) is 37.5 Å². The van der Waals surface area contributed by atoms with Crippen LogP contribution in [-0.2, 0) is 11.3 Å². The Bertz CT molecular complexity index is 1530. The highest BCUT2D eigenvalue weighted by Crippen LogP contribution is 2.36. The quantitative estimate of drug-likeness (QED) is 0.237. The fraction of sp³-hybridized carbons (Fsp3) is 0.154. The summed E-state index contributed by atoms with van der Waals surface area (Å²) in [6.45, 7) is 2.35. The topological polar surface area (TPSA) is 106 Å². The Morgan fingerprint density at radius 1 is 1.22 bits per heavy atom. The average Bonchev–Trinajstić information content (AvgIpc) is 3.64. The third-order valence-corrected chi connectivity index (χ3v) is 6.70. The first-order chi connectivity index (χ1) is 17.6. The van der Waals surface area contributed by atoms with Gasteiger partial charge in [0.1, 0.15) is 15.5 Å². The predicted molar refractivity (Wildman–Crippen MR) is 140 cm³/mol. The fourth-order valence-corrected chi connectivity index (χ4v) is 5.20. The second kappa shape index (κ2) is 10.1. The lowest BCUT2D eigenvalue weighted by Crippen LogP contribution is -2.18. The first-order valence-corrected chi connectivity index (χ1v) is 12.0. The molecule has 0 radical (unpaired) electrons. The number of hydrazone groups is 1. The van der Waals surface area contributed by atoms with Gasteiger partial charge in [-0.2, -0.15) is 10.2 Å². The number of nitrogens with zero attached hydrogens (tertiary/aromatic N) is 4. The molecule has 1 aromatic carbocycles. The first kappa shape index (κ1) is 23.5. The number of aryl methyl sites for hydroxylation is 1. The second-order valence-corrected chi connectivity index (χ2v) is 9.03. The van der Waals surface area contributed by atoms with Crippen molar-refractivity contribution in [1.29, 1.82) is 0 Å². The molecule has 0 aliphatic carbocycles. The van der Waals surface area contributed by atoms with Crippen LogP contribution < -0.4 is 10.2 Å². The minimum atomic E-state index is -0.325. The van der Waals surface area contributed by atoms with Crippen molar-refractivity contribution in [2.75, 3.05) is 14.2 Å². The summed E-state index contributed by atoms with van der Waals surface area (Å²) in [5.74, 6) is 0.439. The van der Waals surface area contributed by atoms with E-state index in [0.29, 0.717) is 11.5 Å². The van der Waals surface area contributed by atoms with Crippen LogP contribution in [0.4, 0.5) is 0 Å². The first-order valence-electron chi connectivity index (χ1n) is 11.2. The summed E-state index contributed by atoms with van der Waals surface area (Å²) in [7, 11) is 3.28. The predicted octanol–water partition coefficient (Wildman–Crippen LogP) is 4.70. The number of amides is 1. The summed E-state index contributed by atoms with van der Waals surface area (Å²) in [6, 6.07) is 13.4. The van der Waals surface area contributed by atoms with Gasteiger partial charge in [-0.05, 0) is 55.0 Å². The zero-order chi connectivity index (χ0) is 25.1. The zero-order valence-corrected chi connectivity index (χ0v) is 20.8. The number of pyridine rings is 1. The van der Waals surface area contributed by atoms with Gasteiger partial charge >= 0.3 is 0 Å². The molecule has 0 saturated heterocycles. The Morgan fingerprint density at radius 3 is 2.72 bits per heavy atom. The minimum absolute atomic E-state index is 0.325. The number of aromatic nitrogens is 4. The van der Waals surface area contributed by atoms with E-state index in [4.69, 9.17) is 9.47 Å². The molecule has 5 aromatic rings. The number of aromatic amines is 1. The summed E-state index contributed by atoms with van der Waals surface area (Å²) in [5.41, 5.74) is 7.72. The highest BCUT2D eigenvalue weighted by Gasteiger charge is 2.23. The number of hydrogen-bond donors (Lipinski definition) is 2. The van der Waals surface area contributed by atoms with Crippen molar-refractivity contribution in [2.24, 2.45) is 5.10 Å². The number of carbonyl (C=O) groups excluding carboxylic acids is 1. The van der Waals surface area contributed by atoms with Crippen LogP contribution in [0.5, 0.6) is 5.75 Å². The molecule has 2 N–H and O–H groups in total. The third kappa shape index (κ3) is 4.51. The van der Waals surface area contributed by atoms with Gasteiger partial charge in [-0.3, -0.25) is 9.89 Å². The molecule has 182 valence electrons. The van der Waals surface area contributed by atoms with Crippen LogP contribution in [0.2, 0.25) is 0 Å². The van der Waals surface area contributed by atoms with Gasteiger partial charge in [-0.25, -0.2) is 10.4 Å². The number of methoxy groups -OCH3 is 2. The van der Waals surface area contributed by atoms with Crippen molar-refractivity contribution in [3.8, 4) is 22.7 Å². The molecular weight excluding hydrogens is 476 g/mol. The molecule has 5 rings (SSSR count). The Hall–Kier alpha value is -4.28. The van der Waals surface area contributed by atoms with E-state index in [9.17, 15) is 4.79 Å². The zero-order valence-electron chi connectivity index (χ0n) is 20.0. The fourth-order valence-electron chi connectivity index (χ4n) is 4.04. The second-order valence-electron chi connectivity index (χ2n) is 8.03. The normalized spacial score (nSPS) is 11.4. The number of nitrogens with one attached hydrogen (secondary N) is 2. The number of rotatable bonds is 8. The van der Waals surface area contributed by atoms with Crippen molar-refractivity contribution >= 4 is 33.7 Å². The van der Waals surface area contributed by atoms with E-state index >= 15 is 0 Å². The number of hydrogen-bond acceptors (Lipinski definition) is 7. The lowest BCUT2D eigenvalue weighted by Gasteiger charge is -2.09. The smallest absolute Gasteiger partial charge is 0.283 e. The molecule has 1 amide bonds. The molecule has 10 heteroatoms. The highest BCUT2D eigenvalue weighted by atomic mass is 32.1. The van der Waals surface area contributed by atoms with Crippen molar-refractivity contribution in [3.63, 3.8) is 0 Å². The number of thiophene rings is 1. The Kier molecular flexibility index (Phi) is 6.61. The van der Waals surface area contributed by atoms with E-state index in [1.54, 1.807) is 26.6 Å². The van der Waals surface area contributed by atoms with Crippen LogP contribution in [0, 0.1) is 6.92 Å². The maximum absolute atomic E-state index is 13.3. The molecule has 0 spiro atoms. The van der Waals surface area contributed by atoms with Gasteiger partial charge < -0.3 is 14.0 Å². The summed E-state index contributed by atoms with van der Waals surface area (Å²) in [4.78, 5) is 19.3. The molecular formula is C26H24N6O3S. The monoisotopic (exact) mass is 500 g/mol. The standard InChI is InChI=1S/C26H24N6O3S/c1-16-12-18(15-34-2)21-23(32-10-4-5-11-32)24(36-26(21)29-16)25(33)31-28-14-19-13-27-30-22(19)17-6-8-20(35-3)9-7-17/h4-14H,15H2,1-3H3,(H,27,30)(H,31,33). The van der Waals surface area contributed by atoms with E-state index in [2.05, 4.69) is 25.7 Å². The molecule has 36 heavy (non-hydrogen) atoms. The van der Waals surface area contributed by atoms with E-state index in [0.717, 1.165) is 49.7 Å². The SMILES string of the molecule is COCc1cc(C)nc2sc(C(=O)NN=Cc3cn[nH]c3-c3ccc(OC)cc3)c(-n3cccc3)c12. The Morgan fingerprint density at radius 2 is 2.00 bits per heavy atom. The molecule has 0 bridgehead atoms. The Balaban J connectivity index is 1.46. The van der Waals surface area contributed by atoms with Crippen molar-refractivity contribution < 1.29 is 14.3 Å². The molecule has 0 fully saturated rings. The van der Waals surface area contributed by atoms with Crippen molar-refractivity contribution in [1.82, 2.24) is 25.2 Å². The average molecular weight is 501 g/mol.